The van der Waals surface area contributed by atoms with Crippen molar-refractivity contribution in [3.8, 4) is 0 Å². The molecule has 0 aliphatic carbocycles. The third-order valence-electron chi connectivity index (χ3n) is 4.38. The Morgan fingerprint density at radius 3 is 2.33 bits per heavy atom. The number of carbonyl (C=O) groups is 2. The molecule has 1 aliphatic heterocycles. The van der Waals surface area contributed by atoms with Crippen molar-refractivity contribution in [1.29, 1.82) is 0 Å². The Balaban J connectivity index is 2.49. The van der Waals surface area contributed by atoms with Crippen LogP contribution in [0.25, 0.3) is 0 Å². The zero-order valence-corrected chi connectivity index (χ0v) is 12.6. The van der Waals surface area contributed by atoms with Gasteiger partial charge in [-0.25, -0.2) is 4.79 Å². The largest absolute Gasteiger partial charge is 0.478 e. The van der Waals surface area contributed by atoms with E-state index in [1.165, 1.54) is 0 Å². The Labute approximate surface area is 124 Å². The van der Waals surface area contributed by atoms with Crippen molar-refractivity contribution < 1.29 is 19.8 Å². The monoisotopic (exact) mass is 291 g/mol. The van der Waals surface area contributed by atoms with Crippen molar-refractivity contribution in [2.75, 3.05) is 13.2 Å². The van der Waals surface area contributed by atoms with Crippen molar-refractivity contribution >= 4 is 11.9 Å². The van der Waals surface area contributed by atoms with E-state index in [4.69, 9.17) is 0 Å². The van der Waals surface area contributed by atoms with E-state index in [-0.39, 0.29) is 35.6 Å². The predicted molar refractivity (Wildman–Crippen MR) is 78.6 cm³/mol. The Kier molecular flexibility index (Phi) is 4.32. The molecular formula is C16H21NO4. The second-order valence-electron chi connectivity index (χ2n) is 5.77. The van der Waals surface area contributed by atoms with Crippen LogP contribution in [0.15, 0.2) is 12.1 Å². The standard InChI is InChI=1S/C16H21NO4/c1-9-6-7-17(12(9)8-18)15(19)13-10(2)4-5-11(3)14(13)16(20)21/h4-5,9,12,18H,6-8H2,1-3H3,(H,20,21). The highest BCUT2D eigenvalue weighted by molar-refractivity contribution is 6.06. The number of aryl methyl sites for hydroxylation is 2. The third-order valence-corrected chi connectivity index (χ3v) is 4.38. The van der Waals surface area contributed by atoms with Gasteiger partial charge in [0.05, 0.1) is 23.8 Å². The van der Waals surface area contributed by atoms with E-state index in [9.17, 15) is 19.8 Å². The summed E-state index contributed by atoms with van der Waals surface area (Å²) in [4.78, 5) is 25.9. The fraction of sp³-hybridized carbons (Fsp3) is 0.500. The molecule has 0 radical (unpaired) electrons. The Bertz CT molecular complexity index is 582. The van der Waals surface area contributed by atoms with Gasteiger partial charge in [-0.05, 0) is 37.3 Å². The average Bonchev–Trinajstić information content (AvgIpc) is 2.80. The number of aromatic carboxylic acids is 1. The molecule has 0 bridgehead atoms. The lowest BCUT2D eigenvalue weighted by molar-refractivity contribution is 0.0624. The molecule has 2 rings (SSSR count). The molecule has 0 aromatic heterocycles. The minimum absolute atomic E-state index is 0.0660. The first-order valence-electron chi connectivity index (χ1n) is 7.13. The average molecular weight is 291 g/mol. The van der Waals surface area contributed by atoms with E-state index in [2.05, 4.69) is 0 Å². The van der Waals surface area contributed by atoms with Gasteiger partial charge in [0.15, 0.2) is 0 Å². The SMILES string of the molecule is Cc1ccc(C)c(C(=O)N2CCC(C)C2CO)c1C(=O)O. The van der Waals surface area contributed by atoms with Crippen LogP contribution >= 0.6 is 0 Å². The van der Waals surface area contributed by atoms with Crippen LogP contribution in [0.3, 0.4) is 0 Å². The van der Waals surface area contributed by atoms with Crippen molar-refractivity contribution in [3.05, 3.63) is 34.4 Å². The number of aliphatic hydroxyl groups excluding tert-OH is 1. The summed E-state index contributed by atoms with van der Waals surface area (Å²) in [5, 5.41) is 18.9. The van der Waals surface area contributed by atoms with Crippen LogP contribution in [0.4, 0.5) is 0 Å². The molecule has 21 heavy (non-hydrogen) atoms. The normalized spacial score (nSPS) is 21.6. The number of hydrogen-bond donors (Lipinski definition) is 2. The van der Waals surface area contributed by atoms with E-state index < -0.39 is 5.97 Å². The summed E-state index contributed by atoms with van der Waals surface area (Å²) < 4.78 is 0. The number of nitrogens with zero attached hydrogens (tertiary/aromatic N) is 1. The fourth-order valence-corrected chi connectivity index (χ4v) is 3.04. The zero-order chi connectivity index (χ0) is 15.7. The molecule has 1 heterocycles. The van der Waals surface area contributed by atoms with Crippen LogP contribution in [0.2, 0.25) is 0 Å². The Hall–Kier alpha value is -1.88. The summed E-state index contributed by atoms with van der Waals surface area (Å²) in [6.07, 6.45) is 0.824. The Morgan fingerprint density at radius 1 is 1.24 bits per heavy atom. The lowest BCUT2D eigenvalue weighted by Gasteiger charge is -2.26. The molecule has 5 nitrogen and oxygen atoms in total. The molecule has 2 N–H and O–H groups in total. The second kappa shape index (κ2) is 5.85. The van der Waals surface area contributed by atoms with Gasteiger partial charge in [-0.3, -0.25) is 4.79 Å². The molecule has 0 spiro atoms. The summed E-state index contributed by atoms with van der Waals surface area (Å²) in [5.74, 6) is -1.17. The third kappa shape index (κ3) is 2.65. The minimum Gasteiger partial charge on any atom is -0.478 e. The van der Waals surface area contributed by atoms with Crippen LogP contribution in [-0.2, 0) is 0 Å². The van der Waals surface area contributed by atoms with Gasteiger partial charge < -0.3 is 15.1 Å². The van der Waals surface area contributed by atoms with Crippen molar-refractivity contribution in [2.24, 2.45) is 5.92 Å². The number of carboxylic acids is 1. The summed E-state index contributed by atoms with van der Waals surface area (Å²) in [6.45, 7) is 5.88. The Morgan fingerprint density at radius 2 is 1.81 bits per heavy atom. The maximum Gasteiger partial charge on any atom is 0.336 e. The first kappa shape index (κ1) is 15.5. The van der Waals surface area contributed by atoms with E-state index in [0.717, 1.165) is 6.42 Å². The predicted octanol–water partition coefficient (Wildman–Crippen LogP) is 1.84. The van der Waals surface area contributed by atoms with Gasteiger partial charge in [0.25, 0.3) is 5.91 Å². The van der Waals surface area contributed by atoms with Gasteiger partial charge in [-0.15, -0.1) is 0 Å². The molecule has 1 fully saturated rings. The van der Waals surface area contributed by atoms with Gasteiger partial charge in [-0.2, -0.15) is 0 Å². The molecule has 0 saturated carbocycles. The summed E-state index contributed by atoms with van der Waals surface area (Å²) in [6, 6.07) is 3.24. The van der Waals surface area contributed by atoms with E-state index >= 15 is 0 Å². The van der Waals surface area contributed by atoms with Gasteiger partial charge in [0, 0.05) is 6.54 Å². The minimum atomic E-state index is -1.09. The number of hydrogen-bond acceptors (Lipinski definition) is 3. The van der Waals surface area contributed by atoms with Crippen LogP contribution in [0.5, 0.6) is 0 Å². The topological polar surface area (TPSA) is 77.8 Å². The summed E-state index contributed by atoms with van der Waals surface area (Å²) in [5.41, 5.74) is 1.54. The summed E-state index contributed by atoms with van der Waals surface area (Å²) >= 11 is 0. The summed E-state index contributed by atoms with van der Waals surface area (Å²) in [7, 11) is 0. The quantitative estimate of drug-likeness (QED) is 0.891. The number of likely N-dealkylation sites (tertiary alicyclic amines) is 1. The second-order valence-corrected chi connectivity index (χ2v) is 5.77. The van der Waals surface area contributed by atoms with Crippen molar-refractivity contribution in [3.63, 3.8) is 0 Å². The molecule has 1 amide bonds. The lowest BCUT2D eigenvalue weighted by Crippen LogP contribution is -2.40. The molecular weight excluding hydrogens is 270 g/mol. The fourth-order valence-electron chi connectivity index (χ4n) is 3.04. The molecule has 2 atom stereocenters. The van der Waals surface area contributed by atoms with E-state index in [0.29, 0.717) is 17.7 Å². The maximum absolute atomic E-state index is 12.8. The highest BCUT2D eigenvalue weighted by Gasteiger charge is 2.36. The van der Waals surface area contributed by atoms with Crippen molar-refractivity contribution in [1.82, 2.24) is 4.90 Å². The van der Waals surface area contributed by atoms with Gasteiger partial charge >= 0.3 is 5.97 Å². The number of aliphatic hydroxyl groups is 1. The molecule has 5 heteroatoms. The first-order chi connectivity index (χ1) is 9.88. The van der Waals surface area contributed by atoms with E-state index in [1.807, 2.05) is 6.92 Å². The number of benzene rings is 1. The number of rotatable bonds is 3. The van der Waals surface area contributed by atoms with Gasteiger partial charge in [0.1, 0.15) is 0 Å². The highest BCUT2D eigenvalue weighted by Crippen LogP contribution is 2.28. The maximum atomic E-state index is 12.8. The van der Waals surface area contributed by atoms with Gasteiger partial charge in [-0.1, -0.05) is 19.1 Å². The molecule has 1 aliphatic rings. The van der Waals surface area contributed by atoms with Crippen molar-refractivity contribution in [2.45, 2.75) is 33.2 Å². The van der Waals surface area contributed by atoms with Crippen LogP contribution in [0.1, 0.15) is 45.2 Å². The first-order valence-corrected chi connectivity index (χ1v) is 7.13. The molecule has 1 saturated heterocycles. The lowest BCUT2D eigenvalue weighted by atomic mass is 9.95. The molecule has 1 aromatic rings. The number of amides is 1. The smallest absolute Gasteiger partial charge is 0.336 e. The molecule has 2 unspecified atom stereocenters. The van der Waals surface area contributed by atoms with Crippen LogP contribution in [0, 0.1) is 19.8 Å². The number of carboxylic acid groups (broad SMARTS) is 1. The van der Waals surface area contributed by atoms with Crippen LogP contribution in [-0.4, -0.2) is 46.2 Å². The number of carbonyl (C=O) groups excluding carboxylic acids is 1. The molecule has 1 aromatic carbocycles. The zero-order valence-electron chi connectivity index (χ0n) is 12.6. The highest BCUT2D eigenvalue weighted by atomic mass is 16.4. The van der Waals surface area contributed by atoms with E-state index in [1.54, 1.807) is 30.9 Å². The van der Waals surface area contributed by atoms with Gasteiger partial charge in [0.2, 0.25) is 0 Å². The van der Waals surface area contributed by atoms with Crippen LogP contribution < -0.4 is 0 Å². The molecule has 114 valence electrons.